The maximum absolute atomic E-state index is 12.6. The summed E-state index contributed by atoms with van der Waals surface area (Å²) in [6.07, 6.45) is 2.38. The molecule has 3 rings (SSSR count). The predicted molar refractivity (Wildman–Crippen MR) is 88.9 cm³/mol. The molecule has 1 unspecified atom stereocenters. The van der Waals surface area contributed by atoms with Crippen LogP contribution in [0.1, 0.15) is 48.2 Å². The molecule has 1 aliphatic carbocycles. The normalized spacial score (nSPS) is 15.4. The van der Waals surface area contributed by atoms with E-state index in [9.17, 15) is 9.90 Å². The fraction of sp³-hybridized carbons (Fsp3) is 0.444. The minimum Gasteiger partial charge on any atom is -0.497 e. The average Bonchev–Trinajstić information content (AvgIpc) is 3.37. The molecule has 122 valence electrons. The molecule has 1 amide bonds. The van der Waals surface area contributed by atoms with Crippen molar-refractivity contribution in [2.45, 2.75) is 38.2 Å². The molecule has 23 heavy (non-hydrogen) atoms. The van der Waals surface area contributed by atoms with Crippen molar-refractivity contribution in [2.24, 2.45) is 0 Å². The van der Waals surface area contributed by atoms with Crippen molar-refractivity contribution in [3.63, 3.8) is 0 Å². The maximum Gasteiger partial charge on any atom is 0.252 e. The molecular formula is C18H22N2O3. The first-order chi connectivity index (χ1) is 11.1. The van der Waals surface area contributed by atoms with Crippen LogP contribution < -0.4 is 10.1 Å². The number of benzene rings is 1. The zero-order valence-electron chi connectivity index (χ0n) is 13.5. The quantitative estimate of drug-likeness (QED) is 0.860. The van der Waals surface area contributed by atoms with E-state index in [1.54, 1.807) is 14.0 Å². The van der Waals surface area contributed by atoms with Crippen LogP contribution in [0.4, 0.5) is 0 Å². The van der Waals surface area contributed by atoms with Crippen molar-refractivity contribution in [1.29, 1.82) is 0 Å². The number of ether oxygens (including phenoxy) is 1. The molecular weight excluding hydrogens is 292 g/mol. The molecule has 5 nitrogen and oxygen atoms in total. The van der Waals surface area contributed by atoms with Crippen LogP contribution in [-0.2, 0) is 0 Å². The van der Waals surface area contributed by atoms with Crippen LogP contribution in [0.25, 0.3) is 10.9 Å². The molecule has 2 aromatic rings. The second-order valence-corrected chi connectivity index (χ2v) is 6.15. The topological polar surface area (TPSA) is 71.5 Å². The van der Waals surface area contributed by atoms with Crippen molar-refractivity contribution in [3.8, 4) is 5.75 Å². The van der Waals surface area contributed by atoms with Crippen LogP contribution in [0.3, 0.4) is 0 Å². The number of aromatic nitrogens is 1. The monoisotopic (exact) mass is 314 g/mol. The van der Waals surface area contributed by atoms with E-state index in [0.29, 0.717) is 30.2 Å². The summed E-state index contributed by atoms with van der Waals surface area (Å²) in [6.45, 7) is 2.16. The van der Waals surface area contributed by atoms with Crippen LogP contribution in [0, 0.1) is 0 Å². The number of hydrogen-bond acceptors (Lipinski definition) is 4. The second kappa shape index (κ2) is 6.54. The maximum atomic E-state index is 12.6. The van der Waals surface area contributed by atoms with Crippen molar-refractivity contribution in [3.05, 3.63) is 35.5 Å². The van der Waals surface area contributed by atoms with Crippen LogP contribution in [0.2, 0.25) is 0 Å². The molecule has 0 saturated heterocycles. The lowest BCUT2D eigenvalue weighted by Gasteiger charge is -2.12. The van der Waals surface area contributed by atoms with E-state index in [4.69, 9.17) is 4.74 Å². The molecule has 0 aliphatic heterocycles. The van der Waals surface area contributed by atoms with Gasteiger partial charge in [0.15, 0.2) is 0 Å². The number of carbonyl (C=O) groups is 1. The van der Waals surface area contributed by atoms with Gasteiger partial charge in [0.25, 0.3) is 5.91 Å². The van der Waals surface area contributed by atoms with Crippen LogP contribution in [0.15, 0.2) is 24.3 Å². The highest BCUT2D eigenvalue weighted by molar-refractivity contribution is 6.06. The first kappa shape index (κ1) is 15.7. The number of methoxy groups -OCH3 is 1. The smallest absolute Gasteiger partial charge is 0.252 e. The summed E-state index contributed by atoms with van der Waals surface area (Å²) < 4.78 is 5.27. The Kier molecular flexibility index (Phi) is 4.48. The van der Waals surface area contributed by atoms with E-state index in [0.717, 1.165) is 29.4 Å². The highest BCUT2D eigenvalue weighted by atomic mass is 16.5. The zero-order chi connectivity index (χ0) is 16.4. The van der Waals surface area contributed by atoms with Gasteiger partial charge in [-0.25, -0.2) is 0 Å². The van der Waals surface area contributed by atoms with Gasteiger partial charge in [0.2, 0.25) is 0 Å². The van der Waals surface area contributed by atoms with Crippen LogP contribution in [0.5, 0.6) is 5.75 Å². The molecule has 1 fully saturated rings. The van der Waals surface area contributed by atoms with Crippen molar-refractivity contribution in [2.75, 3.05) is 13.7 Å². The molecule has 1 saturated carbocycles. The summed E-state index contributed by atoms with van der Waals surface area (Å²) in [5.41, 5.74) is 2.43. The Hall–Kier alpha value is -2.14. The largest absolute Gasteiger partial charge is 0.497 e. The van der Waals surface area contributed by atoms with Crippen LogP contribution in [-0.4, -0.2) is 35.8 Å². The van der Waals surface area contributed by atoms with Crippen molar-refractivity contribution < 1.29 is 14.6 Å². The molecule has 0 bridgehead atoms. The highest BCUT2D eigenvalue weighted by Gasteiger charge is 2.27. The Labute approximate surface area is 135 Å². The van der Waals surface area contributed by atoms with Crippen molar-refractivity contribution >= 4 is 16.8 Å². The summed E-state index contributed by atoms with van der Waals surface area (Å²) in [7, 11) is 1.61. The van der Waals surface area contributed by atoms with Gasteiger partial charge in [-0.3, -0.25) is 9.78 Å². The van der Waals surface area contributed by atoms with Gasteiger partial charge in [-0.05, 0) is 50.5 Å². The fourth-order valence-corrected chi connectivity index (χ4v) is 2.62. The molecule has 1 heterocycles. The number of fused-ring (bicyclic) bond motifs is 1. The standard InChI is InChI=1S/C18H22N2O3/c1-11(21)7-8-19-18(22)15-10-17(12-3-4-12)20-16-6-5-13(23-2)9-14(15)16/h5-6,9-12,21H,3-4,7-8H2,1-2H3,(H,19,22). The Balaban J connectivity index is 1.96. The number of pyridine rings is 1. The predicted octanol–water partition coefficient (Wildman–Crippen LogP) is 2.62. The Morgan fingerprint density at radius 2 is 2.22 bits per heavy atom. The molecule has 2 N–H and O–H groups in total. The number of rotatable bonds is 6. The van der Waals surface area contributed by atoms with Gasteiger partial charge in [0.05, 0.1) is 24.3 Å². The molecule has 1 aromatic heterocycles. The molecule has 1 aliphatic rings. The third kappa shape index (κ3) is 3.62. The number of carbonyl (C=O) groups excluding carboxylic acids is 1. The Bertz CT molecular complexity index is 724. The molecule has 1 aromatic carbocycles. The van der Waals surface area contributed by atoms with Gasteiger partial charge in [0, 0.05) is 23.5 Å². The van der Waals surface area contributed by atoms with E-state index in [2.05, 4.69) is 10.3 Å². The fourth-order valence-electron chi connectivity index (χ4n) is 2.62. The Morgan fingerprint density at radius 1 is 1.43 bits per heavy atom. The SMILES string of the molecule is COc1ccc2nc(C3CC3)cc(C(=O)NCCC(C)O)c2c1. The van der Waals surface area contributed by atoms with E-state index in [-0.39, 0.29) is 5.91 Å². The van der Waals surface area contributed by atoms with E-state index in [1.807, 2.05) is 24.3 Å². The first-order valence-corrected chi connectivity index (χ1v) is 8.03. The van der Waals surface area contributed by atoms with Crippen LogP contribution >= 0.6 is 0 Å². The van der Waals surface area contributed by atoms with E-state index in [1.165, 1.54) is 0 Å². The number of amides is 1. The summed E-state index contributed by atoms with van der Waals surface area (Å²) >= 11 is 0. The molecule has 1 atom stereocenters. The van der Waals surface area contributed by atoms with Gasteiger partial charge in [-0.2, -0.15) is 0 Å². The van der Waals surface area contributed by atoms with Crippen molar-refractivity contribution in [1.82, 2.24) is 10.3 Å². The summed E-state index contributed by atoms with van der Waals surface area (Å²) in [5.74, 6) is 1.05. The minimum absolute atomic E-state index is 0.131. The van der Waals surface area contributed by atoms with Gasteiger partial charge in [-0.1, -0.05) is 0 Å². The number of aliphatic hydroxyl groups is 1. The summed E-state index contributed by atoms with van der Waals surface area (Å²) in [4.78, 5) is 17.3. The number of hydrogen-bond donors (Lipinski definition) is 2. The number of nitrogens with zero attached hydrogens (tertiary/aromatic N) is 1. The molecule has 5 heteroatoms. The molecule has 0 radical (unpaired) electrons. The lowest BCUT2D eigenvalue weighted by Crippen LogP contribution is -2.27. The van der Waals surface area contributed by atoms with Gasteiger partial charge < -0.3 is 15.2 Å². The third-order valence-corrected chi connectivity index (χ3v) is 4.12. The first-order valence-electron chi connectivity index (χ1n) is 8.03. The Morgan fingerprint density at radius 3 is 2.87 bits per heavy atom. The van der Waals surface area contributed by atoms with Gasteiger partial charge in [0.1, 0.15) is 5.75 Å². The summed E-state index contributed by atoms with van der Waals surface area (Å²) in [5, 5.41) is 13.0. The van der Waals surface area contributed by atoms with E-state index >= 15 is 0 Å². The van der Waals surface area contributed by atoms with E-state index < -0.39 is 6.10 Å². The number of nitrogens with one attached hydrogen (secondary N) is 1. The molecule has 0 spiro atoms. The highest BCUT2D eigenvalue weighted by Crippen LogP contribution is 2.40. The number of aliphatic hydroxyl groups excluding tert-OH is 1. The summed E-state index contributed by atoms with van der Waals surface area (Å²) in [6, 6.07) is 7.51. The zero-order valence-corrected chi connectivity index (χ0v) is 13.5. The lowest BCUT2D eigenvalue weighted by molar-refractivity contribution is 0.0947. The third-order valence-electron chi connectivity index (χ3n) is 4.12. The second-order valence-electron chi connectivity index (χ2n) is 6.15. The van der Waals surface area contributed by atoms with Gasteiger partial charge in [-0.15, -0.1) is 0 Å². The average molecular weight is 314 g/mol. The van der Waals surface area contributed by atoms with Gasteiger partial charge >= 0.3 is 0 Å². The minimum atomic E-state index is -0.424. The lowest BCUT2D eigenvalue weighted by atomic mass is 10.0.